The molecule has 0 spiro atoms. The summed E-state index contributed by atoms with van der Waals surface area (Å²) < 4.78 is 13.8. The number of halogens is 1. The molecule has 172 valence electrons. The van der Waals surface area contributed by atoms with Crippen LogP contribution in [0.25, 0.3) is 0 Å². The third-order valence-corrected chi connectivity index (χ3v) is 6.17. The Bertz CT molecular complexity index is 1130. The highest BCUT2D eigenvalue weighted by atomic mass is 19.1. The third kappa shape index (κ3) is 5.38. The van der Waals surface area contributed by atoms with Crippen molar-refractivity contribution < 1.29 is 9.18 Å². The van der Waals surface area contributed by atoms with Gasteiger partial charge in [0.1, 0.15) is 17.5 Å². The van der Waals surface area contributed by atoms with Crippen LogP contribution in [-0.2, 0) is 12.8 Å². The zero-order valence-corrected chi connectivity index (χ0v) is 19.6. The van der Waals surface area contributed by atoms with Crippen molar-refractivity contribution in [3.05, 3.63) is 88.1 Å². The average Bonchev–Trinajstić information content (AvgIpc) is 3.06. The summed E-state index contributed by atoms with van der Waals surface area (Å²) in [6, 6.07) is 14.5. The molecule has 0 radical (unpaired) electrons. The van der Waals surface area contributed by atoms with E-state index >= 15 is 0 Å². The Kier molecular flexibility index (Phi) is 7.02. The molecule has 0 aliphatic carbocycles. The van der Waals surface area contributed by atoms with Gasteiger partial charge in [0.2, 0.25) is 0 Å². The number of benzene rings is 2. The lowest BCUT2D eigenvalue weighted by Crippen LogP contribution is -2.35. The highest BCUT2D eigenvalue weighted by molar-refractivity contribution is 5.94. The van der Waals surface area contributed by atoms with Crippen LogP contribution in [0.2, 0.25) is 0 Å². The first-order valence-electron chi connectivity index (χ1n) is 11.7. The van der Waals surface area contributed by atoms with Crippen molar-refractivity contribution in [2.45, 2.75) is 40.0 Å². The highest BCUT2D eigenvalue weighted by Crippen LogP contribution is 2.26. The van der Waals surface area contributed by atoms with Crippen LogP contribution in [0.1, 0.15) is 51.9 Å². The molecule has 6 heteroatoms. The van der Waals surface area contributed by atoms with Crippen LogP contribution >= 0.6 is 0 Å². The number of aryl methyl sites for hydroxylation is 3. The predicted molar refractivity (Wildman–Crippen MR) is 129 cm³/mol. The van der Waals surface area contributed by atoms with E-state index in [0.29, 0.717) is 26.1 Å². The van der Waals surface area contributed by atoms with Crippen LogP contribution in [-0.4, -0.2) is 47.0 Å². The molecule has 1 aliphatic heterocycles. The summed E-state index contributed by atoms with van der Waals surface area (Å²) in [5.74, 6) is 1.49. The minimum Gasteiger partial charge on any atom is -0.354 e. The van der Waals surface area contributed by atoms with Gasteiger partial charge in [-0.05, 0) is 56.5 Å². The normalized spacial score (nSPS) is 14.3. The number of carbonyl (C=O) groups excluding carboxylic acids is 1. The molecule has 0 saturated carbocycles. The van der Waals surface area contributed by atoms with Crippen molar-refractivity contribution in [3.63, 3.8) is 0 Å². The van der Waals surface area contributed by atoms with Crippen molar-refractivity contribution >= 4 is 11.7 Å². The van der Waals surface area contributed by atoms with Gasteiger partial charge in [-0.2, -0.15) is 0 Å². The van der Waals surface area contributed by atoms with E-state index < -0.39 is 0 Å². The summed E-state index contributed by atoms with van der Waals surface area (Å²) >= 11 is 0. The quantitative estimate of drug-likeness (QED) is 0.568. The standard InChI is InChI=1S/C27H31FN4O/c1-4-25-24(18-21-7-5-8-23(28)17-21)26(30-20(3)29-25)31-13-6-14-32(16-15-31)27(33)22-11-9-19(2)10-12-22/h5,7-12,17H,4,6,13-16,18H2,1-3H3. The van der Waals surface area contributed by atoms with Crippen LogP contribution < -0.4 is 4.90 Å². The lowest BCUT2D eigenvalue weighted by molar-refractivity contribution is 0.0767. The lowest BCUT2D eigenvalue weighted by atomic mass is 10.0. The molecule has 2 heterocycles. The number of hydrogen-bond acceptors (Lipinski definition) is 4. The maximum atomic E-state index is 13.8. The van der Waals surface area contributed by atoms with E-state index in [4.69, 9.17) is 4.98 Å². The van der Waals surface area contributed by atoms with E-state index in [1.165, 1.54) is 6.07 Å². The van der Waals surface area contributed by atoms with Crippen molar-refractivity contribution in [1.29, 1.82) is 0 Å². The second-order valence-electron chi connectivity index (χ2n) is 8.68. The second kappa shape index (κ2) is 10.1. The minimum absolute atomic E-state index is 0.0740. The van der Waals surface area contributed by atoms with Gasteiger partial charge in [0.05, 0.1) is 0 Å². The van der Waals surface area contributed by atoms with E-state index in [2.05, 4.69) is 16.8 Å². The van der Waals surface area contributed by atoms with Gasteiger partial charge in [-0.15, -0.1) is 0 Å². The smallest absolute Gasteiger partial charge is 0.253 e. The van der Waals surface area contributed by atoms with E-state index in [1.54, 1.807) is 12.1 Å². The number of hydrogen-bond donors (Lipinski definition) is 0. The molecule has 0 atom stereocenters. The van der Waals surface area contributed by atoms with Crippen LogP contribution in [0.5, 0.6) is 0 Å². The number of amides is 1. The topological polar surface area (TPSA) is 49.3 Å². The molecular formula is C27H31FN4O. The summed E-state index contributed by atoms with van der Waals surface area (Å²) in [5.41, 5.74) is 4.83. The summed E-state index contributed by atoms with van der Waals surface area (Å²) in [5, 5.41) is 0. The van der Waals surface area contributed by atoms with Crippen LogP contribution in [0, 0.1) is 19.7 Å². The third-order valence-electron chi connectivity index (χ3n) is 6.17. The monoisotopic (exact) mass is 446 g/mol. The minimum atomic E-state index is -0.236. The molecule has 33 heavy (non-hydrogen) atoms. The van der Waals surface area contributed by atoms with Gasteiger partial charge in [-0.25, -0.2) is 14.4 Å². The summed E-state index contributed by atoms with van der Waals surface area (Å²) in [7, 11) is 0. The predicted octanol–water partition coefficient (Wildman–Crippen LogP) is 4.74. The van der Waals surface area contributed by atoms with Gasteiger partial charge < -0.3 is 9.80 Å². The molecule has 4 rings (SSSR count). The lowest BCUT2D eigenvalue weighted by Gasteiger charge is -2.26. The zero-order valence-electron chi connectivity index (χ0n) is 19.6. The molecule has 3 aromatic rings. The molecule has 1 aliphatic rings. The van der Waals surface area contributed by atoms with Crippen molar-refractivity contribution in [1.82, 2.24) is 14.9 Å². The number of nitrogens with zero attached hydrogens (tertiary/aromatic N) is 4. The fourth-order valence-corrected chi connectivity index (χ4v) is 4.43. The fourth-order valence-electron chi connectivity index (χ4n) is 4.43. The number of carbonyl (C=O) groups is 1. The molecule has 0 N–H and O–H groups in total. The van der Waals surface area contributed by atoms with Gasteiger partial charge in [0, 0.05) is 49.4 Å². The number of aromatic nitrogens is 2. The largest absolute Gasteiger partial charge is 0.354 e. The molecule has 2 aromatic carbocycles. The summed E-state index contributed by atoms with van der Waals surface area (Å²) in [6.45, 7) is 8.89. The van der Waals surface area contributed by atoms with Crippen molar-refractivity contribution in [2.24, 2.45) is 0 Å². The first-order valence-corrected chi connectivity index (χ1v) is 11.7. The second-order valence-corrected chi connectivity index (χ2v) is 8.68. The average molecular weight is 447 g/mol. The van der Waals surface area contributed by atoms with Gasteiger partial charge in [-0.1, -0.05) is 36.8 Å². The first-order chi connectivity index (χ1) is 15.9. The van der Waals surface area contributed by atoms with Crippen molar-refractivity contribution in [2.75, 3.05) is 31.1 Å². The number of anilines is 1. The summed E-state index contributed by atoms with van der Waals surface area (Å²) in [4.78, 5) is 26.8. The summed E-state index contributed by atoms with van der Waals surface area (Å²) in [6.07, 6.45) is 2.23. The van der Waals surface area contributed by atoms with Gasteiger partial charge in [-0.3, -0.25) is 4.79 Å². The zero-order chi connectivity index (χ0) is 23.4. The van der Waals surface area contributed by atoms with E-state index in [1.807, 2.05) is 49.1 Å². The van der Waals surface area contributed by atoms with E-state index in [-0.39, 0.29) is 11.7 Å². The molecular weight excluding hydrogens is 415 g/mol. The molecule has 5 nitrogen and oxygen atoms in total. The van der Waals surface area contributed by atoms with Gasteiger partial charge in [0.25, 0.3) is 5.91 Å². The van der Waals surface area contributed by atoms with E-state index in [0.717, 1.165) is 59.0 Å². The molecule has 1 amide bonds. The maximum absolute atomic E-state index is 13.8. The van der Waals surface area contributed by atoms with Crippen LogP contribution in [0.4, 0.5) is 10.2 Å². The molecule has 0 bridgehead atoms. The van der Waals surface area contributed by atoms with Crippen molar-refractivity contribution in [3.8, 4) is 0 Å². The highest BCUT2D eigenvalue weighted by Gasteiger charge is 2.24. The number of rotatable bonds is 5. The van der Waals surface area contributed by atoms with Crippen LogP contribution in [0.15, 0.2) is 48.5 Å². The Labute approximate surface area is 195 Å². The van der Waals surface area contributed by atoms with Gasteiger partial charge in [0.15, 0.2) is 0 Å². The Morgan fingerprint density at radius 1 is 1.00 bits per heavy atom. The Morgan fingerprint density at radius 2 is 1.79 bits per heavy atom. The molecule has 1 aromatic heterocycles. The molecule has 1 saturated heterocycles. The van der Waals surface area contributed by atoms with E-state index in [9.17, 15) is 9.18 Å². The first kappa shape index (κ1) is 22.9. The fraction of sp³-hybridized carbons (Fsp3) is 0.370. The van der Waals surface area contributed by atoms with Crippen LogP contribution in [0.3, 0.4) is 0 Å². The Balaban J connectivity index is 1.58. The SMILES string of the molecule is CCc1nc(C)nc(N2CCCN(C(=O)c3ccc(C)cc3)CC2)c1Cc1cccc(F)c1. The Morgan fingerprint density at radius 3 is 2.52 bits per heavy atom. The molecule has 1 fully saturated rings. The molecule has 0 unspecified atom stereocenters. The maximum Gasteiger partial charge on any atom is 0.253 e. The Hall–Kier alpha value is -3.28. The van der Waals surface area contributed by atoms with Gasteiger partial charge >= 0.3 is 0 Å².